The largest absolute Gasteiger partial charge is 0.376 e. The lowest BCUT2D eigenvalue weighted by molar-refractivity contribution is 0.126. The van der Waals surface area contributed by atoms with Crippen molar-refractivity contribution in [2.75, 3.05) is 0 Å². The van der Waals surface area contributed by atoms with E-state index in [2.05, 4.69) is 125 Å². The molecule has 6 rings (SSSR count). The van der Waals surface area contributed by atoms with Crippen molar-refractivity contribution in [1.29, 1.82) is 0 Å². The molecule has 170 valence electrons. The zero-order valence-corrected chi connectivity index (χ0v) is 22.4. The molecule has 0 saturated carbocycles. The molecule has 0 aliphatic heterocycles. The van der Waals surface area contributed by atoms with Gasteiger partial charge in [0.15, 0.2) is 0 Å². The van der Waals surface area contributed by atoms with E-state index in [0.29, 0.717) is 11.8 Å². The van der Waals surface area contributed by atoms with Gasteiger partial charge >= 0.3 is 0 Å². The number of benzene rings is 4. The summed E-state index contributed by atoms with van der Waals surface area (Å²) >= 11 is 7.25. The van der Waals surface area contributed by atoms with E-state index in [9.17, 15) is 5.11 Å². The Kier molecular flexibility index (Phi) is 5.36. The molecule has 0 bridgehead atoms. The Hall–Kier alpha value is -2.20. The van der Waals surface area contributed by atoms with Crippen molar-refractivity contribution >= 4 is 31.9 Å². The average molecular weight is 574 g/mol. The van der Waals surface area contributed by atoms with Crippen molar-refractivity contribution in [3.05, 3.63) is 127 Å². The molecule has 3 heteroatoms. The Balaban J connectivity index is 1.61. The third-order valence-corrected chi connectivity index (χ3v) is 8.78. The first-order chi connectivity index (χ1) is 16.3. The molecule has 1 nitrogen and oxygen atoms in total. The van der Waals surface area contributed by atoms with Crippen LogP contribution in [0.3, 0.4) is 0 Å². The van der Waals surface area contributed by atoms with Crippen molar-refractivity contribution in [3.63, 3.8) is 0 Å². The molecule has 0 fully saturated rings. The number of hydrogen-bond donors (Lipinski definition) is 1. The van der Waals surface area contributed by atoms with Crippen LogP contribution in [0.4, 0.5) is 0 Å². The lowest BCUT2D eigenvalue weighted by atomic mass is 9.70. The van der Waals surface area contributed by atoms with E-state index in [0.717, 1.165) is 49.6 Å². The molecule has 2 aliphatic rings. The van der Waals surface area contributed by atoms with E-state index in [-0.39, 0.29) is 0 Å². The van der Waals surface area contributed by atoms with Crippen LogP contribution in [0.1, 0.15) is 64.6 Å². The van der Waals surface area contributed by atoms with Crippen LogP contribution in [0.25, 0.3) is 11.1 Å². The summed E-state index contributed by atoms with van der Waals surface area (Å²) in [7, 11) is 0. The second-order valence-corrected chi connectivity index (χ2v) is 11.8. The lowest BCUT2D eigenvalue weighted by Gasteiger charge is -2.37. The first kappa shape index (κ1) is 22.3. The molecule has 2 aliphatic carbocycles. The number of rotatable bonds is 4. The molecule has 2 atom stereocenters. The Labute approximate surface area is 218 Å². The zero-order chi connectivity index (χ0) is 23.6. The Morgan fingerprint density at radius 1 is 0.676 bits per heavy atom. The van der Waals surface area contributed by atoms with Crippen LogP contribution in [0.15, 0.2) is 87.8 Å². The smallest absolute Gasteiger partial charge is 0.141 e. The second kappa shape index (κ2) is 8.19. The van der Waals surface area contributed by atoms with Crippen LogP contribution in [-0.4, -0.2) is 5.11 Å². The minimum Gasteiger partial charge on any atom is -0.376 e. The molecule has 0 aromatic heterocycles. The van der Waals surface area contributed by atoms with E-state index in [1.165, 1.54) is 22.3 Å². The van der Waals surface area contributed by atoms with Crippen molar-refractivity contribution < 1.29 is 5.11 Å². The highest BCUT2D eigenvalue weighted by Crippen LogP contribution is 2.47. The van der Waals surface area contributed by atoms with Gasteiger partial charge in [-0.15, -0.1) is 0 Å². The van der Waals surface area contributed by atoms with E-state index < -0.39 is 5.60 Å². The Morgan fingerprint density at radius 3 is 1.71 bits per heavy atom. The van der Waals surface area contributed by atoms with Crippen molar-refractivity contribution in [2.24, 2.45) is 0 Å². The fourth-order valence-corrected chi connectivity index (χ4v) is 6.39. The fourth-order valence-electron chi connectivity index (χ4n) is 5.77. The van der Waals surface area contributed by atoms with Crippen molar-refractivity contribution in [1.82, 2.24) is 0 Å². The predicted octanol–water partition coefficient (Wildman–Crippen LogP) is 8.48. The molecule has 0 spiro atoms. The van der Waals surface area contributed by atoms with E-state index >= 15 is 0 Å². The fraction of sp³-hybridized carbons (Fsp3) is 0.226. The minimum atomic E-state index is -1.27. The van der Waals surface area contributed by atoms with Gasteiger partial charge in [0.05, 0.1) is 0 Å². The van der Waals surface area contributed by atoms with Gasteiger partial charge in [-0.3, -0.25) is 0 Å². The average Bonchev–Trinajstić information content (AvgIpc) is 2.82. The molecular formula is C31H26Br2O. The minimum absolute atomic E-state index is 0.597. The molecule has 0 radical (unpaired) electrons. The maximum absolute atomic E-state index is 12.8. The Morgan fingerprint density at radius 2 is 1.21 bits per heavy atom. The lowest BCUT2D eigenvalue weighted by Crippen LogP contribution is -2.31. The number of hydrogen-bond acceptors (Lipinski definition) is 1. The van der Waals surface area contributed by atoms with Gasteiger partial charge in [-0.1, -0.05) is 100 Å². The third kappa shape index (κ3) is 3.44. The first-order valence-corrected chi connectivity index (χ1v) is 13.5. The molecule has 4 aromatic carbocycles. The molecule has 0 saturated heterocycles. The quantitative estimate of drug-likeness (QED) is 0.243. The first-order valence-electron chi connectivity index (χ1n) is 11.9. The van der Waals surface area contributed by atoms with Crippen molar-refractivity contribution in [2.45, 2.75) is 44.1 Å². The highest BCUT2D eigenvalue weighted by atomic mass is 79.9. The summed E-state index contributed by atoms with van der Waals surface area (Å²) in [6.45, 7) is 4.54. The van der Waals surface area contributed by atoms with Gasteiger partial charge in [0.1, 0.15) is 5.60 Å². The van der Waals surface area contributed by atoms with Crippen LogP contribution in [0.5, 0.6) is 0 Å². The van der Waals surface area contributed by atoms with Crippen LogP contribution >= 0.6 is 31.9 Å². The molecule has 0 amide bonds. The van der Waals surface area contributed by atoms with Gasteiger partial charge in [-0.05, 0) is 93.5 Å². The number of halogens is 2. The summed E-state index contributed by atoms with van der Waals surface area (Å²) in [5, 5.41) is 12.8. The van der Waals surface area contributed by atoms with E-state index in [1.54, 1.807) is 0 Å². The normalized spacial score (nSPS) is 19.9. The number of aliphatic hydroxyl groups is 1. The van der Waals surface area contributed by atoms with Crippen LogP contribution in [0.2, 0.25) is 0 Å². The molecule has 34 heavy (non-hydrogen) atoms. The second-order valence-electron chi connectivity index (χ2n) is 9.94. The van der Waals surface area contributed by atoms with Gasteiger partial charge in [0.2, 0.25) is 0 Å². The maximum Gasteiger partial charge on any atom is 0.141 e. The van der Waals surface area contributed by atoms with Gasteiger partial charge in [-0.25, -0.2) is 0 Å². The summed E-state index contributed by atoms with van der Waals surface area (Å²) in [4.78, 5) is 0. The summed E-state index contributed by atoms with van der Waals surface area (Å²) in [5.41, 5.74) is 9.10. The summed E-state index contributed by atoms with van der Waals surface area (Å²) in [6.07, 6.45) is 2.14. The van der Waals surface area contributed by atoms with E-state index in [4.69, 9.17) is 0 Å². The van der Waals surface area contributed by atoms with Gasteiger partial charge in [0.25, 0.3) is 0 Å². The highest BCUT2D eigenvalue weighted by Gasteiger charge is 2.39. The van der Waals surface area contributed by atoms with Gasteiger partial charge < -0.3 is 5.11 Å². The highest BCUT2D eigenvalue weighted by molar-refractivity contribution is 9.10. The van der Waals surface area contributed by atoms with Crippen LogP contribution in [0, 0.1) is 0 Å². The van der Waals surface area contributed by atoms with Crippen LogP contribution in [-0.2, 0) is 18.4 Å². The topological polar surface area (TPSA) is 20.2 Å². The molecule has 0 heterocycles. The number of fused-ring (bicyclic) bond motifs is 2. The third-order valence-electron chi connectivity index (χ3n) is 7.76. The molecule has 1 N–H and O–H groups in total. The van der Waals surface area contributed by atoms with Crippen LogP contribution < -0.4 is 0 Å². The maximum atomic E-state index is 12.8. The zero-order valence-electron chi connectivity index (χ0n) is 19.3. The molecule has 2 unspecified atom stereocenters. The van der Waals surface area contributed by atoms with Gasteiger partial charge in [0, 0.05) is 14.5 Å². The predicted molar refractivity (Wildman–Crippen MR) is 147 cm³/mol. The van der Waals surface area contributed by atoms with Crippen molar-refractivity contribution in [3.8, 4) is 11.1 Å². The summed E-state index contributed by atoms with van der Waals surface area (Å²) in [6, 6.07) is 27.7. The SMILES string of the molecule is CC1Cc2cc(C(O)(c3ccc4c(c3)CC4C)c3cc(Br)ccc3-c3ccc(Br)cc3)ccc21. The Bertz CT molecular complexity index is 1360. The van der Waals surface area contributed by atoms with Gasteiger partial charge in [-0.2, -0.15) is 0 Å². The summed E-state index contributed by atoms with van der Waals surface area (Å²) < 4.78 is 2.00. The molecular weight excluding hydrogens is 548 g/mol. The molecule has 4 aromatic rings. The monoisotopic (exact) mass is 572 g/mol. The van der Waals surface area contributed by atoms with E-state index in [1.807, 2.05) is 0 Å². The summed E-state index contributed by atoms with van der Waals surface area (Å²) in [5.74, 6) is 1.19. The standard InChI is InChI=1S/C31H26Br2O/c1-18-13-21-15-23(5-10-27(18)21)31(34,24-6-11-28-19(2)14-22(28)16-24)30-17-26(33)9-12-29(30)20-3-7-25(32)8-4-20/h3-12,15-19,34H,13-14H2,1-2H3.